The molecule has 6 heteroatoms. The Bertz CT molecular complexity index is 620. The van der Waals surface area contributed by atoms with Gasteiger partial charge >= 0.3 is 0 Å². The van der Waals surface area contributed by atoms with E-state index in [1.165, 1.54) is 18.4 Å². The van der Waals surface area contributed by atoms with Crippen LogP contribution in [0.4, 0.5) is 0 Å². The van der Waals surface area contributed by atoms with Crippen molar-refractivity contribution in [3.05, 3.63) is 30.1 Å². The third-order valence-electron chi connectivity index (χ3n) is 3.74. The number of aliphatic imine (C=N–C) groups is 1. The number of benzene rings is 1. The summed E-state index contributed by atoms with van der Waals surface area (Å²) in [5.41, 5.74) is 2.29. The van der Waals surface area contributed by atoms with Crippen LogP contribution in [0.2, 0.25) is 0 Å². The second-order valence-electron chi connectivity index (χ2n) is 5.43. The minimum Gasteiger partial charge on any atom is -0.356 e. The summed E-state index contributed by atoms with van der Waals surface area (Å²) in [6.45, 7) is 7.10. The van der Waals surface area contributed by atoms with Crippen LogP contribution in [0.1, 0.15) is 32.0 Å². The first kappa shape index (κ1) is 19.7. The van der Waals surface area contributed by atoms with Gasteiger partial charge < -0.3 is 15.2 Å². The number of nitrogens with one attached hydrogen (secondary N) is 2. The molecule has 0 aliphatic carbocycles. The SMILES string of the molecule is CCCCNC(=NC)NCCCn1c(C)nc2ccccc21.I. The van der Waals surface area contributed by atoms with Gasteiger partial charge in [-0.25, -0.2) is 4.98 Å². The third-order valence-corrected chi connectivity index (χ3v) is 3.74. The number of hydrogen-bond acceptors (Lipinski definition) is 2. The van der Waals surface area contributed by atoms with Gasteiger partial charge in [0.05, 0.1) is 11.0 Å². The Balaban J connectivity index is 0.00000264. The number of aryl methyl sites for hydroxylation is 2. The van der Waals surface area contributed by atoms with E-state index in [0.29, 0.717) is 0 Å². The number of hydrogen-bond donors (Lipinski definition) is 2. The lowest BCUT2D eigenvalue weighted by molar-refractivity contribution is 0.622. The second-order valence-corrected chi connectivity index (χ2v) is 5.43. The molecule has 5 nitrogen and oxygen atoms in total. The molecule has 0 radical (unpaired) electrons. The first-order valence-corrected chi connectivity index (χ1v) is 8.12. The van der Waals surface area contributed by atoms with Crippen LogP contribution >= 0.6 is 24.0 Å². The molecule has 2 aromatic rings. The van der Waals surface area contributed by atoms with Gasteiger partial charge in [-0.2, -0.15) is 0 Å². The van der Waals surface area contributed by atoms with Crippen molar-refractivity contribution < 1.29 is 0 Å². The molecule has 2 rings (SSSR count). The van der Waals surface area contributed by atoms with Crippen LogP contribution in [0, 0.1) is 6.92 Å². The van der Waals surface area contributed by atoms with Crippen molar-refractivity contribution in [2.45, 2.75) is 39.7 Å². The van der Waals surface area contributed by atoms with Gasteiger partial charge in [0.15, 0.2) is 5.96 Å². The van der Waals surface area contributed by atoms with Gasteiger partial charge in [-0.05, 0) is 31.9 Å². The molecule has 0 bridgehead atoms. The van der Waals surface area contributed by atoms with Crippen molar-refractivity contribution in [1.29, 1.82) is 0 Å². The maximum absolute atomic E-state index is 4.60. The van der Waals surface area contributed by atoms with Crippen LogP contribution < -0.4 is 10.6 Å². The van der Waals surface area contributed by atoms with Crippen molar-refractivity contribution >= 4 is 41.0 Å². The average molecular weight is 429 g/mol. The molecule has 0 unspecified atom stereocenters. The molecule has 0 amide bonds. The minimum atomic E-state index is 0. The first-order valence-electron chi connectivity index (χ1n) is 8.12. The molecular weight excluding hydrogens is 401 g/mol. The number of imidazole rings is 1. The van der Waals surface area contributed by atoms with E-state index >= 15 is 0 Å². The lowest BCUT2D eigenvalue weighted by atomic mass is 10.3. The Morgan fingerprint density at radius 3 is 2.57 bits per heavy atom. The van der Waals surface area contributed by atoms with Crippen molar-refractivity contribution in [3.63, 3.8) is 0 Å². The molecule has 23 heavy (non-hydrogen) atoms. The summed E-state index contributed by atoms with van der Waals surface area (Å²) >= 11 is 0. The number of halogens is 1. The number of unbranched alkanes of at least 4 members (excludes halogenated alkanes) is 1. The molecule has 1 aromatic carbocycles. The van der Waals surface area contributed by atoms with Crippen molar-refractivity contribution in [1.82, 2.24) is 20.2 Å². The quantitative estimate of drug-likeness (QED) is 0.307. The summed E-state index contributed by atoms with van der Waals surface area (Å²) < 4.78 is 2.28. The number of guanidine groups is 1. The van der Waals surface area contributed by atoms with E-state index in [0.717, 1.165) is 43.4 Å². The van der Waals surface area contributed by atoms with Gasteiger partial charge in [0.1, 0.15) is 5.82 Å². The van der Waals surface area contributed by atoms with Crippen molar-refractivity contribution in [2.24, 2.45) is 4.99 Å². The number of fused-ring (bicyclic) bond motifs is 1. The normalized spacial score (nSPS) is 11.3. The van der Waals surface area contributed by atoms with Gasteiger partial charge in [-0.3, -0.25) is 4.99 Å². The van der Waals surface area contributed by atoms with Gasteiger partial charge in [0, 0.05) is 26.7 Å². The highest BCUT2D eigenvalue weighted by Gasteiger charge is 2.06. The molecule has 128 valence electrons. The highest BCUT2D eigenvalue weighted by atomic mass is 127. The Morgan fingerprint density at radius 2 is 1.87 bits per heavy atom. The lowest BCUT2D eigenvalue weighted by Gasteiger charge is -2.12. The maximum Gasteiger partial charge on any atom is 0.190 e. The Labute approximate surface area is 156 Å². The van der Waals surface area contributed by atoms with E-state index in [9.17, 15) is 0 Å². The largest absolute Gasteiger partial charge is 0.356 e. The summed E-state index contributed by atoms with van der Waals surface area (Å²) in [4.78, 5) is 8.84. The number of nitrogens with zero attached hydrogens (tertiary/aromatic N) is 3. The second kappa shape index (κ2) is 10.5. The van der Waals surface area contributed by atoms with Crippen LogP contribution in [-0.4, -0.2) is 35.6 Å². The van der Waals surface area contributed by atoms with E-state index in [4.69, 9.17) is 0 Å². The average Bonchev–Trinajstić information content (AvgIpc) is 2.85. The molecule has 0 saturated heterocycles. The lowest BCUT2D eigenvalue weighted by Crippen LogP contribution is -2.38. The maximum atomic E-state index is 4.60. The van der Waals surface area contributed by atoms with E-state index in [2.05, 4.69) is 57.2 Å². The Hall–Kier alpha value is -1.31. The van der Waals surface area contributed by atoms with Crippen LogP contribution in [0.3, 0.4) is 0 Å². The molecule has 0 atom stereocenters. The Kier molecular flexibility index (Phi) is 8.98. The molecule has 1 heterocycles. The molecule has 0 fully saturated rings. The zero-order valence-corrected chi connectivity index (χ0v) is 16.6. The summed E-state index contributed by atoms with van der Waals surface area (Å²) in [5.74, 6) is 1.97. The zero-order chi connectivity index (χ0) is 15.8. The topological polar surface area (TPSA) is 54.2 Å². The van der Waals surface area contributed by atoms with Gasteiger partial charge in [0.2, 0.25) is 0 Å². The van der Waals surface area contributed by atoms with Gasteiger partial charge in [-0.1, -0.05) is 25.5 Å². The van der Waals surface area contributed by atoms with Crippen LogP contribution in [0.25, 0.3) is 11.0 Å². The Morgan fingerprint density at radius 1 is 1.17 bits per heavy atom. The first-order chi connectivity index (χ1) is 10.8. The standard InChI is InChI=1S/C17H27N5.HI/c1-4-5-11-19-17(18-3)20-12-8-13-22-14(2)21-15-9-6-7-10-16(15)22;/h6-7,9-10H,4-5,8,11-13H2,1-3H3,(H2,18,19,20);1H. The molecular formula is C17H28IN5. The molecule has 0 aliphatic rings. The monoisotopic (exact) mass is 429 g/mol. The van der Waals surface area contributed by atoms with Crippen LogP contribution in [0.15, 0.2) is 29.3 Å². The third kappa shape index (κ3) is 5.67. The number of rotatable bonds is 7. The highest BCUT2D eigenvalue weighted by molar-refractivity contribution is 14.0. The van der Waals surface area contributed by atoms with Crippen LogP contribution in [-0.2, 0) is 6.54 Å². The summed E-state index contributed by atoms with van der Waals surface area (Å²) in [7, 11) is 1.81. The molecule has 0 saturated carbocycles. The van der Waals surface area contributed by atoms with Crippen molar-refractivity contribution in [3.8, 4) is 0 Å². The minimum absolute atomic E-state index is 0. The zero-order valence-electron chi connectivity index (χ0n) is 14.3. The van der Waals surface area contributed by atoms with E-state index in [1.807, 2.05) is 13.1 Å². The van der Waals surface area contributed by atoms with E-state index in [1.54, 1.807) is 0 Å². The number of aromatic nitrogens is 2. The van der Waals surface area contributed by atoms with Gasteiger partial charge in [-0.15, -0.1) is 24.0 Å². The van der Waals surface area contributed by atoms with Crippen LogP contribution in [0.5, 0.6) is 0 Å². The summed E-state index contributed by atoms with van der Waals surface area (Å²) in [5, 5.41) is 6.69. The fourth-order valence-corrected chi connectivity index (χ4v) is 2.53. The van der Waals surface area contributed by atoms with E-state index < -0.39 is 0 Å². The van der Waals surface area contributed by atoms with E-state index in [-0.39, 0.29) is 24.0 Å². The summed E-state index contributed by atoms with van der Waals surface area (Å²) in [6, 6.07) is 8.30. The molecule has 0 spiro atoms. The predicted octanol–water partition coefficient (Wildman–Crippen LogP) is 3.32. The summed E-state index contributed by atoms with van der Waals surface area (Å²) in [6.07, 6.45) is 3.40. The molecule has 0 aliphatic heterocycles. The fourth-order valence-electron chi connectivity index (χ4n) is 2.53. The van der Waals surface area contributed by atoms with Gasteiger partial charge in [0.25, 0.3) is 0 Å². The smallest absolute Gasteiger partial charge is 0.190 e. The molecule has 1 aromatic heterocycles. The highest BCUT2D eigenvalue weighted by Crippen LogP contribution is 2.15. The number of para-hydroxylation sites is 2. The molecule has 2 N–H and O–H groups in total. The fraction of sp³-hybridized carbons (Fsp3) is 0.529. The van der Waals surface area contributed by atoms with Crippen molar-refractivity contribution in [2.75, 3.05) is 20.1 Å². The predicted molar refractivity (Wildman–Crippen MR) is 109 cm³/mol.